The minimum absolute atomic E-state index is 0.0112. The Labute approximate surface area is 222 Å². The van der Waals surface area contributed by atoms with Crippen molar-refractivity contribution < 1.29 is 23.1 Å². The van der Waals surface area contributed by atoms with Gasteiger partial charge in [0.25, 0.3) is 5.91 Å². The quantitative estimate of drug-likeness (QED) is 0.306. The molecule has 3 heterocycles. The maximum absolute atomic E-state index is 13.7. The molecule has 1 saturated heterocycles. The number of nitrogens with one attached hydrogen (secondary N) is 2. The second kappa shape index (κ2) is 11.4. The highest BCUT2D eigenvalue weighted by molar-refractivity contribution is 5.99. The Bertz CT molecular complexity index is 1490. The summed E-state index contributed by atoms with van der Waals surface area (Å²) >= 11 is 0. The molecule has 200 valence electrons. The number of hydrogen-bond donors (Lipinski definition) is 3. The first kappa shape index (κ1) is 25.9. The zero-order chi connectivity index (χ0) is 27.4. The first-order valence-electron chi connectivity index (χ1n) is 12.3. The molecule has 1 atom stereocenters. The number of hydrogen-bond acceptors (Lipinski definition) is 8. The lowest BCUT2D eigenvalue weighted by atomic mass is 10.1. The molecule has 10 nitrogen and oxygen atoms in total. The van der Waals surface area contributed by atoms with E-state index in [1.807, 2.05) is 10.9 Å². The van der Waals surface area contributed by atoms with Crippen LogP contribution < -0.4 is 16.4 Å². The minimum atomic E-state index is -1.45. The molecule has 1 aliphatic heterocycles. The zero-order valence-corrected chi connectivity index (χ0v) is 20.7. The van der Waals surface area contributed by atoms with E-state index in [-0.39, 0.29) is 23.2 Å². The zero-order valence-electron chi connectivity index (χ0n) is 20.7. The number of benzene rings is 2. The van der Waals surface area contributed by atoms with Gasteiger partial charge in [0.15, 0.2) is 23.1 Å². The van der Waals surface area contributed by atoms with Crippen molar-refractivity contribution in [2.45, 2.75) is 25.0 Å². The summed E-state index contributed by atoms with van der Waals surface area (Å²) in [6.45, 7) is 1.81. The van der Waals surface area contributed by atoms with Crippen molar-refractivity contribution in [3.8, 4) is 11.3 Å². The van der Waals surface area contributed by atoms with E-state index in [0.717, 1.165) is 38.1 Å². The normalized spacial score (nSPS) is 14.5. The molecule has 12 heteroatoms. The molecule has 0 unspecified atom stereocenters. The van der Waals surface area contributed by atoms with Crippen LogP contribution in [0.1, 0.15) is 41.0 Å². The Morgan fingerprint density at radius 3 is 2.59 bits per heavy atom. The Kier molecular flexibility index (Phi) is 7.55. The van der Waals surface area contributed by atoms with Crippen molar-refractivity contribution in [3.63, 3.8) is 0 Å². The number of carbonyl (C=O) groups excluding carboxylic acids is 2. The van der Waals surface area contributed by atoms with Gasteiger partial charge in [-0.3, -0.25) is 9.48 Å². The highest BCUT2D eigenvalue weighted by Gasteiger charge is 2.28. The third-order valence-corrected chi connectivity index (χ3v) is 6.33. The molecular formula is C27H25F2N7O3. The van der Waals surface area contributed by atoms with Crippen molar-refractivity contribution in [2.24, 2.45) is 0 Å². The topological polar surface area (TPSA) is 137 Å². The number of nitrogens with zero attached hydrogens (tertiary/aromatic N) is 4. The number of nitrogens with two attached hydrogens (primary N) is 1. The molecule has 0 radical (unpaired) electrons. The molecule has 2 aromatic carbocycles. The van der Waals surface area contributed by atoms with Crippen molar-refractivity contribution >= 4 is 23.4 Å². The van der Waals surface area contributed by atoms with Gasteiger partial charge >= 0.3 is 5.97 Å². The van der Waals surface area contributed by atoms with Gasteiger partial charge in [-0.05, 0) is 38.1 Å². The number of amides is 1. The fourth-order valence-electron chi connectivity index (χ4n) is 4.27. The van der Waals surface area contributed by atoms with Gasteiger partial charge in [-0.15, -0.1) is 0 Å². The predicted octanol–water partition coefficient (Wildman–Crippen LogP) is 3.66. The number of halogens is 2. The van der Waals surface area contributed by atoms with Gasteiger partial charge in [0.1, 0.15) is 0 Å². The molecule has 4 N–H and O–H groups in total. The summed E-state index contributed by atoms with van der Waals surface area (Å²) in [5.41, 5.74) is 7.02. The Morgan fingerprint density at radius 2 is 1.85 bits per heavy atom. The number of rotatable bonds is 7. The molecule has 2 aromatic heterocycles. The third-order valence-electron chi connectivity index (χ3n) is 6.33. The standard InChI is InChI=1S/C27H25F2N7O3/c28-20-7-6-18(12-21(20)29)34-26(37)24(16-4-2-1-3-5-16)39-27(38)23-25(30)32-14-22(35-23)17-13-33-36(15-17)19-8-10-31-11-9-19/h1-7,12-15,19,24,31H,8-11H2,(H2,30,32)(H,34,37)/t24-/m1/s1. The second-order valence-electron chi connectivity index (χ2n) is 8.99. The lowest BCUT2D eigenvalue weighted by molar-refractivity contribution is -0.125. The molecule has 4 aromatic rings. The van der Waals surface area contributed by atoms with E-state index in [9.17, 15) is 18.4 Å². The predicted molar refractivity (Wildman–Crippen MR) is 138 cm³/mol. The number of piperidine rings is 1. The Hall–Kier alpha value is -4.71. The van der Waals surface area contributed by atoms with E-state index in [1.54, 1.807) is 36.5 Å². The van der Waals surface area contributed by atoms with Gasteiger partial charge < -0.3 is 21.1 Å². The van der Waals surface area contributed by atoms with Crippen LogP contribution in [0.4, 0.5) is 20.3 Å². The van der Waals surface area contributed by atoms with Gasteiger partial charge in [0.05, 0.1) is 24.1 Å². The highest BCUT2D eigenvalue weighted by Crippen LogP contribution is 2.26. The monoisotopic (exact) mass is 533 g/mol. The molecule has 0 spiro atoms. The number of anilines is 2. The third kappa shape index (κ3) is 5.91. The Morgan fingerprint density at radius 1 is 1.08 bits per heavy atom. The molecule has 1 fully saturated rings. The van der Waals surface area contributed by atoms with Crippen LogP contribution in [-0.2, 0) is 9.53 Å². The number of aromatic nitrogens is 4. The highest BCUT2D eigenvalue weighted by atomic mass is 19.2. The van der Waals surface area contributed by atoms with E-state index in [4.69, 9.17) is 10.5 Å². The average molecular weight is 534 g/mol. The van der Waals surface area contributed by atoms with Crippen LogP contribution in [0.3, 0.4) is 0 Å². The fourth-order valence-corrected chi connectivity index (χ4v) is 4.27. The van der Waals surface area contributed by atoms with Gasteiger partial charge in [-0.25, -0.2) is 23.5 Å². The summed E-state index contributed by atoms with van der Waals surface area (Å²) in [5.74, 6) is -4.14. The van der Waals surface area contributed by atoms with Gasteiger partial charge in [0, 0.05) is 29.1 Å². The largest absolute Gasteiger partial charge is 0.442 e. The second-order valence-corrected chi connectivity index (χ2v) is 8.99. The lowest BCUT2D eigenvalue weighted by Crippen LogP contribution is -2.29. The first-order valence-corrected chi connectivity index (χ1v) is 12.3. The SMILES string of the molecule is Nc1ncc(-c2cnn(C3CCNCC3)c2)nc1C(=O)O[C@@H](C(=O)Nc1ccc(F)c(F)c1)c1ccccc1. The molecular weight excluding hydrogens is 508 g/mol. The molecule has 1 amide bonds. The van der Waals surface area contributed by atoms with Crippen molar-refractivity contribution in [3.05, 3.63) is 90.0 Å². The van der Waals surface area contributed by atoms with Crippen molar-refractivity contribution in [1.82, 2.24) is 25.1 Å². The fraction of sp³-hybridized carbons (Fsp3) is 0.222. The molecule has 39 heavy (non-hydrogen) atoms. The smallest absolute Gasteiger partial charge is 0.361 e. The Balaban J connectivity index is 1.38. The molecule has 1 aliphatic rings. The van der Waals surface area contributed by atoms with E-state index >= 15 is 0 Å². The maximum Gasteiger partial charge on any atom is 0.361 e. The van der Waals surface area contributed by atoms with Crippen LogP contribution in [0.5, 0.6) is 0 Å². The molecule has 5 rings (SSSR count). The average Bonchev–Trinajstić information content (AvgIpc) is 3.45. The van der Waals surface area contributed by atoms with Crippen LogP contribution in [0, 0.1) is 11.6 Å². The maximum atomic E-state index is 13.7. The summed E-state index contributed by atoms with van der Waals surface area (Å²) in [4.78, 5) is 34.8. The van der Waals surface area contributed by atoms with Gasteiger partial charge in [-0.1, -0.05) is 30.3 Å². The van der Waals surface area contributed by atoms with E-state index in [1.165, 1.54) is 12.3 Å². The molecule has 0 aliphatic carbocycles. The summed E-state index contributed by atoms with van der Waals surface area (Å²) < 4.78 is 34.4. The van der Waals surface area contributed by atoms with Crippen LogP contribution in [-0.4, -0.2) is 44.7 Å². The number of carbonyl (C=O) groups is 2. The number of esters is 1. The number of nitrogen functional groups attached to an aromatic ring is 1. The minimum Gasteiger partial charge on any atom is -0.442 e. The van der Waals surface area contributed by atoms with Crippen LogP contribution in [0.15, 0.2) is 67.1 Å². The summed E-state index contributed by atoms with van der Waals surface area (Å²) in [5, 5.41) is 10.2. The van der Waals surface area contributed by atoms with Crippen LogP contribution in [0.2, 0.25) is 0 Å². The van der Waals surface area contributed by atoms with E-state index in [2.05, 4.69) is 25.7 Å². The van der Waals surface area contributed by atoms with Gasteiger partial charge in [-0.2, -0.15) is 5.10 Å². The summed E-state index contributed by atoms with van der Waals surface area (Å²) in [7, 11) is 0. The lowest BCUT2D eigenvalue weighted by Gasteiger charge is -2.22. The van der Waals surface area contributed by atoms with Gasteiger partial charge in [0.2, 0.25) is 6.10 Å². The first-order chi connectivity index (χ1) is 18.9. The summed E-state index contributed by atoms with van der Waals surface area (Å²) in [6.07, 6.45) is 5.35. The van der Waals surface area contributed by atoms with E-state index < -0.39 is 29.6 Å². The van der Waals surface area contributed by atoms with Crippen LogP contribution >= 0.6 is 0 Å². The van der Waals surface area contributed by atoms with Crippen LogP contribution in [0.25, 0.3) is 11.3 Å². The summed E-state index contributed by atoms with van der Waals surface area (Å²) in [6, 6.07) is 11.4. The van der Waals surface area contributed by atoms with Crippen molar-refractivity contribution in [1.29, 1.82) is 0 Å². The molecule has 0 bridgehead atoms. The molecule has 0 saturated carbocycles. The van der Waals surface area contributed by atoms with E-state index in [0.29, 0.717) is 16.8 Å². The number of ether oxygens (including phenoxy) is 1. The van der Waals surface area contributed by atoms with Crippen molar-refractivity contribution in [2.75, 3.05) is 24.1 Å².